The normalized spacial score (nSPS) is 12.0. The van der Waals surface area contributed by atoms with Gasteiger partial charge < -0.3 is 0 Å². The third kappa shape index (κ3) is 2.10. The molecule has 0 saturated carbocycles. The summed E-state index contributed by atoms with van der Waals surface area (Å²) in [5.74, 6) is -0.0909. The van der Waals surface area contributed by atoms with Gasteiger partial charge in [0.05, 0.1) is 17.7 Å². The largest absolute Gasteiger partial charge is 0.265 e. The van der Waals surface area contributed by atoms with Crippen LogP contribution in [0.5, 0.6) is 0 Å². The molecule has 4 heteroatoms. The smallest absolute Gasteiger partial charge is 0.123 e. The fraction of sp³-hybridized carbons (Fsp3) is 0.250. The number of nitrogens with zero attached hydrogens (tertiary/aromatic N) is 3. The van der Waals surface area contributed by atoms with Crippen molar-refractivity contribution in [2.24, 2.45) is 0 Å². The summed E-state index contributed by atoms with van der Waals surface area (Å²) >= 11 is 1.57. The number of hydrogen-bond acceptors (Lipinski definition) is 4. The first-order valence-electron chi connectivity index (χ1n) is 5.10. The van der Waals surface area contributed by atoms with Gasteiger partial charge in [-0.05, 0) is 18.6 Å². The Bertz CT molecular complexity index is 498. The molecule has 16 heavy (non-hydrogen) atoms. The number of thiazole rings is 1. The average Bonchev–Trinajstić information content (AvgIpc) is 2.81. The quantitative estimate of drug-likeness (QED) is 0.812. The van der Waals surface area contributed by atoms with Crippen LogP contribution in [0.3, 0.4) is 0 Å². The molecule has 2 aromatic heterocycles. The van der Waals surface area contributed by atoms with Crippen LogP contribution in [0.4, 0.5) is 0 Å². The number of aromatic nitrogens is 2. The van der Waals surface area contributed by atoms with Crippen LogP contribution in [-0.2, 0) is 0 Å². The lowest BCUT2D eigenvalue weighted by Gasteiger charge is -1.99. The zero-order valence-electron chi connectivity index (χ0n) is 8.92. The summed E-state index contributed by atoms with van der Waals surface area (Å²) in [6.45, 7) is 2.00. The molecule has 1 atom stereocenters. The van der Waals surface area contributed by atoms with Crippen LogP contribution in [-0.4, -0.2) is 9.97 Å². The van der Waals surface area contributed by atoms with Gasteiger partial charge in [0.15, 0.2) is 0 Å². The maximum Gasteiger partial charge on any atom is 0.123 e. The first-order valence-corrected chi connectivity index (χ1v) is 5.98. The molecule has 0 aliphatic rings. The third-order valence-electron chi connectivity index (χ3n) is 2.37. The van der Waals surface area contributed by atoms with E-state index in [4.69, 9.17) is 5.26 Å². The van der Waals surface area contributed by atoms with Gasteiger partial charge >= 0.3 is 0 Å². The SMILES string of the molecule is CCC(C#N)c1csc(-c2ccncc2)n1. The fourth-order valence-corrected chi connectivity index (χ4v) is 2.32. The van der Waals surface area contributed by atoms with E-state index >= 15 is 0 Å². The van der Waals surface area contributed by atoms with Crippen molar-refractivity contribution in [3.63, 3.8) is 0 Å². The Morgan fingerprint density at radius 1 is 1.44 bits per heavy atom. The molecule has 2 heterocycles. The van der Waals surface area contributed by atoms with Crippen LogP contribution in [0.2, 0.25) is 0 Å². The van der Waals surface area contributed by atoms with Gasteiger partial charge in [-0.25, -0.2) is 4.98 Å². The zero-order valence-corrected chi connectivity index (χ0v) is 9.74. The molecule has 0 aliphatic heterocycles. The predicted molar refractivity (Wildman–Crippen MR) is 64.0 cm³/mol. The number of nitriles is 1. The summed E-state index contributed by atoms with van der Waals surface area (Å²) in [5, 5.41) is 11.9. The van der Waals surface area contributed by atoms with Gasteiger partial charge in [-0.2, -0.15) is 5.26 Å². The standard InChI is InChI=1S/C12H11N3S/c1-2-9(7-13)11-8-16-12(15-11)10-3-5-14-6-4-10/h3-6,8-9H,2H2,1H3. The van der Waals surface area contributed by atoms with Crippen LogP contribution in [0.25, 0.3) is 10.6 Å². The van der Waals surface area contributed by atoms with E-state index in [1.54, 1.807) is 23.7 Å². The van der Waals surface area contributed by atoms with Crippen molar-refractivity contribution in [2.45, 2.75) is 19.3 Å². The molecule has 0 N–H and O–H groups in total. The first kappa shape index (κ1) is 10.8. The van der Waals surface area contributed by atoms with E-state index in [1.807, 2.05) is 24.4 Å². The van der Waals surface area contributed by atoms with Crippen molar-refractivity contribution in [1.82, 2.24) is 9.97 Å². The van der Waals surface area contributed by atoms with E-state index in [0.29, 0.717) is 0 Å². The van der Waals surface area contributed by atoms with Gasteiger partial charge in [0.1, 0.15) is 5.01 Å². The van der Waals surface area contributed by atoms with Crippen LogP contribution in [0.15, 0.2) is 29.9 Å². The van der Waals surface area contributed by atoms with Crippen molar-refractivity contribution < 1.29 is 0 Å². The van der Waals surface area contributed by atoms with Crippen LogP contribution >= 0.6 is 11.3 Å². The predicted octanol–water partition coefficient (Wildman–Crippen LogP) is 3.22. The molecule has 0 aromatic carbocycles. The Hall–Kier alpha value is -1.73. The summed E-state index contributed by atoms with van der Waals surface area (Å²) in [6, 6.07) is 6.12. The van der Waals surface area contributed by atoms with E-state index in [9.17, 15) is 0 Å². The van der Waals surface area contributed by atoms with E-state index in [2.05, 4.69) is 16.0 Å². The highest BCUT2D eigenvalue weighted by atomic mass is 32.1. The monoisotopic (exact) mass is 229 g/mol. The lowest BCUT2D eigenvalue weighted by molar-refractivity contribution is 0.795. The molecule has 0 amide bonds. The molecule has 3 nitrogen and oxygen atoms in total. The van der Waals surface area contributed by atoms with Gasteiger partial charge in [-0.3, -0.25) is 4.98 Å². The maximum absolute atomic E-state index is 8.96. The first-order chi connectivity index (χ1) is 7.85. The molecule has 0 saturated heterocycles. The molecule has 1 unspecified atom stereocenters. The highest BCUT2D eigenvalue weighted by molar-refractivity contribution is 7.13. The molecule has 2 rings (SSSR count). The van der Waals surface area contributed by atoms with Crippen molar-refractivity contribution in [3.8, 4) is 16.6 Å². The lowest BCUT2D eigenvalue weighted by Crippen LogP contribution is -1.93. The minimum Gasteiger partial charge on any atom is -0.265 e. The highest BCUT2D eigenvalue weighted by Crippen LogP contribution is 2.27. The van der Waals surface area contributed by atoms with Crippen LogP contribution in [0, 0.1) is 11.3 Å². The molecule has 0 bridgehead atoms. The van der Waals surface area contributed by atoms with Crippen molar-refractivity contribution in [1.29, 1.82) is 5.26 Å². The summed E-state index contributed by atoms with van der Waals surface area (Å²) < 4.78 is 0. The molecule has 0 fully saturated rings. The van der Waals surface area contributed by atoms with E-state index < -0.39 is 0 Å². The topological polar surface area (TPSA) is 49.6 Å². The van der Waals surface area contributed by atoms with E-state index in [0.717, 1.165) is 22.7 Å². The Morgan fingerprint density at radius 2 is 2.19 bits per heavy atom. The van der Waals surface area contributed by atoms with Crippen LogP contribution < -0.4 is 0 Å². The van der Waals surface area contributed by atoms with E-state index in [-0.39, 0.29) is 5.92 Å². The fourth-order valence-electron chi connectivity index (χ4n) is 1.44. The van der Waals surface area contributed by atoms with Crippen molar-refractivity contribution >= 4 is 11.3 Å². The van der Waals surface area contributed by atoms with Gasteiger partial charge in [0.2, 0.25) is 0 Å². The lowest BCUT2D eigenvalue weighted by atomic mass is 10.1. The number of hydrogen-bond donors (Lipinski definition) is 0. The summed E-state index contributed by atoms with van der Waals surface area (Å²) in [6.07, 6.45) is 4.30. The highest BCUT2D eigenvalue weighted by Gasteiger charge is 2.12. The molecule has 2 aromatic rings. The molecule has 0 radical (unpaired) electrons. The second kappa shape index (κ2) is 4.86. The van der Waals surface area contributed by atoms with Crippen molar-refractivity contribution in [2.75, 3.05) is 0 Å². The third-order valence-corrected chi connectivity index (χ3v) is 3.28. The molecular weight excluding hydrogens is 218 g/mol. The number of rotatable bonds is 3. The number of pyridine rings is 1. The Morgan fingerprint density at radius 3 is 2.81 bits per heavy atom. The second-order valence-electron chi connectivity index (χ2n) is 3.40. The molecule has 80 valence electrons. The molecule has 0 spiro atoms. The summed E-state index contributed by atoms with van der Waals surface area (Å²) in [4.78, 5) is 8.46. The van der Waals surface area contributed by atoms with Gasteiger partial charge in [0, 0.05) is 23.3 Å². The minimum absolute atomic E-state index is 0.0909. The van der Waals surface area contributed by atoms with Gasteiger partial charge in [-0.15, -0.1) is 11.3 Å². The Labute approximate surface area is 98.4 Å². The van der Waals surface area contributed by atoms with E-state index in [1.165, 1.54) is 0 Å². The summed E-state index contributed by atoms with van der Waals surface area (Å²) in [7, 11) is 0. The van der Waals surface area contributed by atoms with Gasteiger partial charge in [-0.1, -0.05) is 6.92 Å². The second-order valence-corrected chi connectivity index (χ2v) is 4.26. The average molecular weight is 229 g/mol. The molecular formula is C12H11N3S. The minimum atomic E-state index is -0.0909. The Balaban J connectivity index is 2.30. The van der Waals surface area contributed by atoms with Crippen molar-refractivity contribution in [3.05, 3.63) is 35.6 Å². The van der Waals surface area contributed by atoms with Gasteiger partial charge in [0.25, 0.3) is 0 Å². The summed E-state index contributed by atoms with van der Waals surface area (Å²) in [5.41, 5.74) is 1.93. The molecule has 0 aliphatic carbocycles. The maximum atomic E-state index is 8.96. The Kier molecular flexibility index (Phi) is 3.28. The zero-order chi connectivity index (χ0) is 11.4. The van der Waals surface area contributed by atoms with Crippen LogP contribution in [0.1, 0.15) is 25.0 Å².